The number of hydrogen-bond acceptors (Lipinski definition) is 4. The van der Waals surface area contributed by atoms with Crippen molar-refractivity contribution in [3.8, 4) is 5.75 Å². The van der Waals surface area contributed by atoms with Crippen LogP contribution in [0.25, 0.3) is 0 Å². The maximum absolute atomic E-state index is 13.8. The van der Waals surface area contributed by atoms with Crippen LogP contribution < -0.4 is 9.46 Å². The van der Waals surface area contributed by atoms with Crippen molar-refractivity contribution in [2.45, 2.75) is 11.4 Å². The number of para-hydroxylation sites is 1. The molecule has 0 aliphatic rings. The molecule has 0 unspecified atom stereocenters. The molecule has 2 aromatic carbocycles. The normalized spacial score (nSPS) is 11.2. The van der Waals surface area contributed by atoms with Crippen LogP contribution in [0.2, 0.25) is 0 Å². The van der Waals surface area contributed by atoms with E-state index in [-0.39, 0.29) is 12.1 Å². The van der Waals surface area contributed by atoms with Gasteiger partial charge in [0.15, 0.2) is 0 Å². The van der Waals surface area contributed by atoms with Gasteiger partial charge in [-0.1, -0.05) is 18.2 Å². The fourth-order valence-corrected chi connectivity index (χ4v) is 3.05. The maximum Gasteiger partial charge on any atom is 0.335 e. The maximum atomic E-state index is 13.8. The summed E-state index contributed by atoms with van der Waals surface area (Å²) < 4.78 is 45.5. The average Bonchev–Trinajstić information content (AvgIpc) is 2.53. The topological polar surface area (TPSA) is 92.7 Å². The highest BCUT2D eigenvalue weighted by Crippen LogP contribution is 2.20. The van der Waals surface area contributed by atoms with Crippen molar-refractivity contribution in [2.75, 3.05) is 7.11 Å². The number of methoxy groups -OCH3 is 1. The minimum Gasteiger partial charge on any atom is -0.496 e. The van der Waals surface area contributed by atoms with Crippen LogP contribution in [0.1, 0.15) is 15.9 Å². The Morgan fingerprint density at radius 2 is 1.96 bits per heavy atom. The Morgan fingerprint density at radius 1 is 1.26 bits per heavy atom. The number of carboxylic acids is 1. The van der Waals surface area contributed by atoms with E-state index in [1.54, 1.807) is 24.3 Å². The largest absolute Gasteiger partial charge is 0.496 e. The molecule has 2 rings (SSSR count). The van der Waals surface area contributed by atoms with Gasteiger partial charge in [-0.05, 0) is 24.3 Å². The summed E-state index contributed by atoms with van der Waals surface area (Å²) in [6, 6.07) is 9.34. The highest BCUT2D eigenvalue weighted by Gasteiger charge is 2.21. The monoisotopic (exact) mass is 339 g/mol. The van der Waals surface area contributed by atoms with Gasteiger partial charge in [0.2, 0.25) is 10.0 Å². The third-order valence-corrected chi connectivity index (χ3v) is 4.53. The van der Waals surface area contributed by atoms with Crippen LogP contribution in [0.15, 0.2) is 47.4 Å². The lowest BCUT2D eigenvalue weighted by molar-refractivity contribution is 0.0696. The third kappa shape index (κ3) is 3.85. The number of aromatic carboxylic acids is 1. The van der Waals surface area contributed by atoms with Crippen molar-refractivity contribution in [1.82, 2.24) is 4.72 Å². The van der Waals surface area contributed by atoms with Gasteiger partial charge >= 0.3 is 5.97 Å². The van der Waals surface area contributed by atoms with E-state index in [0.717, 1.165) is 18.2 Å². The fourth-order valence-electron chi connectivity index (χ4n) is 1.94. The van der Waals surface area contributed by atoms with Gasteiger partial charge in [-0.2, -0.15) is 0 Å². The molecule has 0 aliphatic carbocycles. The molecular formula is C15H14FNO5S. The zero-order valence-corrected chi connectivity index (χ0v) is 12.9. The van der Waals surface area contributed by atoms with Crippen molar-refractivity contribution < 1.29 is 27.4 Å². The summed E-state index contributed by atoms with van der Waals surface area (Å²) in [5.41, 5.74) is 0.248. The fraction of sp³-hybridized carbons (Fsp3) is 0.133. The van der Waals surface area contributed by atoms with Gasteiger partial charge in [0.1, 0.15) is 16.5 Å². The van der Waals surface area contributed by atoms with Crippen LogP contribution in [-0.2, 0) is 16.6 Å². The number of rotatable bonds is 6. The molecule has 122 valence electrons. The second-order valence-corrected chi connectivity index (χ2v) is 6.32. The molecule has 0 saturated heterocycles. The molecule has 23 heavy (non-hydrogen) atoms. The molecule has 0 radical (unpaired) electrons. The Hall–Kier alpha value is -2.45. The molecule has 8 heteroatoms. The predicted molar refractivity (Wildman–Crippen MR) is 80.4 cm³/mol. The number of hydrogen-bond donors (Lipinski definition) is 2. The van der Waals surface area contributed by atoms with Crippen LogP contribution >= 0.6 is 0 Å². The minimum atomic E-state index is -4.21. The second kappa shape index (κ2) is 6.76. The van der Waals surface area contributed by atoms with Gasteiger partial charge in [0.25, 0.3) is 0 Å². The molecule has 0 heterocycles. The number of carboxylic acid groups (broad SMARTS) is 1. The van der Waals surface area contributed by atoms with Crippen molar-refractivity contribution in [1.29, 1.82) is 0 Å². The first-order valence-corrected chi connectivity index (χ1v) is 7.98. The first-order valence-electron chi connectivity index (χ1n) is 6.49. The zero-order valence-electron chi connectivity index (χ0n) is 12.1. The molecule has 0 aromatic heterocycles. The number of nitrogens with one attached hydrogen (secondary N) is 1. The lowest BCUT2D eigenvalue weighted by Gasteiger charge is -2.11. The first-order chi connectivity index (χ1) is 10.8. The number of sulfonamides is 1. The Kier molecular flexibility index (Phi) is 4.97. The van der Waals surface area contributed by atoms with Crippen LogP contribution in [0, 0.1) is 5.82 Å². The number of ether oxygens (including phenoxy) is 1. The molecule has 0 atom stereocenters. The number of carbonyl (C=O) groups is 1. The second-order valence-electron chi connectivity index (χ2n) is 4.59. The van der Waals surface area contributed by atoms with Crippen LogP contribution in [0.4, 0.5) is 4.39 Å². The molecule has 0 spiro atoms. The van der Waals surface area contributed by atoms with E-state index >= 15 is 0 Å². The number of benzene rings is 2. The molecule has 0 fully saturated rings. The summed E-state index contributed by atoms with van der Waals surface area (Å²) in [4.78, 5) is 10.2. The molecule has 6 nitrogen and oxygen atoms in total. The van der Waals surface area contributed by atoms with Crippen molar-refractivity contribution in [2.24, 2.45) is 0 Å². The summed E-state index contributed by atoms with van der Waals surface area (Å²) in [6.45, 7) is -0.122. The van der Waals surface area contributed by atoms with Gasteiger partial charge in [0.05, 0.1) is 12.7 Å². The van der Waals surface area contributed by atoms with E-state index in [4.69, 9.17) is 9.84 Å². The summed E-state index contributed by atoms with van der Waals surface area (Å²) >= 11 is 0. The third-order valence-electron chi connectivity index (χ3n) is 3.11. The molecule has 2 aromatic rings. The van der Waals surface area contributed by atoms with Crippen LogP contribution in [0.3, 0.4) is 0 Å². The summed E-state index contributed by atoms with van der Waals surface area (Å²) in [5.74, 6) is -1.89. The smallest absolute Gasteiger partial charge is 0.335 e. The molecule has 0 saturated carbocycles. The van der Waals surface area contributed by atoms with Gasteiger partial charge in [-0.3, -0.25) is 0 Å². The lowest BCUT2D eigenvalue weighted by atomic mass is 10.2. The Bertz CT molecular complexity index is 836. The van der Waals surface area contributed by atoms with Crippen molar-refractivity contribution >= 4 is 16.0 Å². The Morgan fingerprint density at radius 3 is 2.61 bits per heavy atom. The SMILES string of the molecule is COc1ccccc1CNS(=O)(=O)c1cc(C(=O)O)ccc1F. The predicted octanol–water partition coefficient (Wildman–Crippen LogP) is 2.01. The zero-order chi connectivity index (χ0) is 17.0. The summed E-state index contributed by atoms with van der Waals surface area (Å²) in [6.07, 6.45) is 0. The van der Waals surface area contributed by atoms with E-state index in [9.17, 15) is 17.6 Å². The minimum absolute atomic E-state index is 0.122. The highest BCUT2D eigenvalue weighted by atomic mass is 32.2. The van der Waals surface area contributed by atoms with Gasteiger partial charge < -0.3 is 9.84 Å². The molecule has 0 bridgehead atoms. The molecular weight excluding hydrogens is 325 g/mol. The van der Waals surface area contributed by atoms with E-state index in [1.165, 1.54) is 7.11 Å². The first kappa shape index (κ1) is 16.9. The summed E-state index contributed by atoms with van der Waals surface area (Å²) in [7, 11) is -2.77. The van der Waals surface area contributed by atoms with E-state index in [0.29, 0.717) is 11.3 Å². The molecule has 0 aliphatic heterocycles. The number of halogens is 1. The van der Waals surface area contributed by atoms with Gasteiger partial charge in [-0.15, -0.1) is 0 Å². The van der Waals surface area contributed by atoms with E-state index in [1.807, 2.05) is 0 Å². The standard InChI is InChI=1S/C15H14FNO5S/c1-22-13-5-3-2-4-11(13)9-17-23(20,21)14-8-10(15(18)19)6-7-12(14)16/h2-8,17H,9H2,1H3,(H,18,19). The van der Waals surface area contributed by atoms with Crippen molar-refractivity contribution in [3.63, 3.8) is 0 Å². The Balaban J connectivity index is 2.29. The average molecular weight is 339 g/mol. The quantitative estimate of drug-likeness (QED) is 0.840. The summed E-state index contributed by atoms with van der Waals surface area (Å²) in [5, 5.41) is 8.89. The van der Waals surface area contributed by atoms with Crippen LogP contribution in [-0.4, -0.2) is 26.6 Å². The van der Waals surface area contributed by atoms with Gasteiger partial charge in [0, 0.05) is 12.1 Å². The highest BCUT2D eigenvalue weighted by molar-refractivity contribution is 7.89. The van der Waals surface area contributed by atoms with Gasteiger partial charge in [-0.25, -0.2) is 22.3 Å². The van der Waals surface area contributed by atoms with Crippen LogP contribution in [0.5, 0.6) is 5.75 Å². The molecule has 0 amide bonds. The Labute approximate surface area is 132 Å². The lowest BCUT2D eigenvalue weighted by Crippen LogP contribution is -2.24. The van der Waals surface area contributed by atoms with Crippen molar-refractivity contribution in [3.05, 3.63) is 59.4 Å². The molecule has 2 N–H and O–H groups in total. The van der Waals surface area contributed by atoms with E-state index < -0.39 is 26.7 Å². The van der Waals surface area contributed by atoms with E-state index in [2.05, 4.69) is 4.72 Å².